The summed E-state index contributed by atoms with van der Waals surface area (Å²) >= 11 is -1.53. The van der Waals surface area contributed by atoms with Gasteiger partial charge in [-0.05, 0) is 82.9 Å². The number of nitrogens with zero attached hydrogens (tertiary/aromatic N) is 4. The molecule has 4 heterocycles. The number of halogens is 3. The highest BCUT2D eigenvalue weighted by Crippen LogP contribution is 2.54. The second kappa shape index (κ2) is 10.4. The molecule has 2 aromatic carbocycles. The van der Waals surface area contributed by atoms with Gasteiger partial charge in [0, 0.05) is 34.2 Å². The molecule has 7 rings (SSSR count). The van der Waals surface area contributed by atoms with Crippen molar-refractivity contribution in [2.45, 2.75) is 75.9 Å². The first-order valence-corrected chi connectivity index (χ1v) is 16.0. The molecule has 1 aliphatic carbocycles. The number of benzene rings is 2. The van der Waals surface area contributed by atoms with Gasteiger partial charge in [0.2, 0.25) is 0 Å². The van der Waals surface area contributed by atoms with Gasteiger partial charge in [-0.2, -0.15) is 14.0 Å². The van der Waals surface area contributed by atoms with Crippen molar-refractivity contribution in [3.63, 3.8) is 0 Å². The van der Waals surface area contributed by atoms with Crippen LogP contribution < -0.4 is 14.8 Å². The van der Waals surface area contributed by atoms with Crippen molar-refractivity contribution in [3.05, 3.63) is 77.1 Å². The highest BCUT2D eigenvalue weighted by molar-refractivity contribution is 7.90. The van der Waals surface area contributed by atoms with Crippen molar-refractivity contribution >= 4 is 28.3 Å². The molecule has 0 radical (unpaired) electrons. The fraction of sp³-hybridized carbons (Fsp3) is 0.394. The molecule has 9 nitrogen and oxygen atoms in total. The molecule has 0 saturated heterocycles. The van der Waals surface area contributed by atoms with Crippen molar-refractivity contribution in [1.29, 1.82) is 5.26 Å². The number of amides is 1. The molecule has 1 saturated carbocycles. The maximum Gasteiger partial charge on any atom is 0.387 e. The van der Waals surface area contributed by atoms with Gasteiger partial charge in [-0.3, -0.25) is 9.78 Å². The highest BCUT2D eigenvalue weighted by Gasteiger charge is 2.59. The second-order valence-electron chi connectivity index (χ2n) is 13.6. The molecule has 2 bridgehead atoms. The largest absolute Gasteiger partial charge is 0.598 e. The van der Waals surface area contributed by atoms with Crippen LogP contribution in [0.3, 0.4) is 0 Å². The standard InChI is InChI=1S/C33H31F3N6O3S/c1-31(2,3)46(44)41-33(14-32(4,15-33)16-37)27-20(34)10-18(13-38-27)17-8-9-21-23(11-17)42-24-12-22(28(42)39-21)40-29(43)19-6-5-7-25(26(19)24)45-30(35)36/h5-11,13,22,24,30,41H,12,14-15H2,1-4H3,(H,40,43)/t22-,24-,32-,33+,46-/m1/s1. The van der Waals surface area contributed by atoms with E-state index in [1.54, 1.807) is 31.3 Å². The Morgan fingerprint density at radius 1 is 1.22 bits per heavy atom. The predicted octanol–water partition coefficient (Wildman–Crippen LogP) is 6.19. The van der Waals surface area contributed by atoms with Crippen molar-refractivity contribution in [3.8, 4) is 22.9 Å². The van der Waals surface area contributed by atoms with E-state index in [-0.39, 0.29) is 35.8 Å². The van der Waals surface area contributed by atoms with Crippen LogP contribution in [0.2, 0.25) is 0 Å². The van der Waals surface area contributed by atoms with Crippen molar-refractivity contribution in [2.75, 3.05) is 0 Å². The SMILES string of the molecule is CC(C)(C)[S@@+]([O-])N[C@]1(c2ncc(-c3ccc4nc5n(c4c3)[C@@H]3C[C@H]5NC(=O)c4cccc(OC(F)F)c43)cc2F)C[C@](C)(C#N)C1. The topological polar surface area (TPSA) is 128 Å². The summed E-state index contributed by atoms with van der Waals surface area (Å²) in [6, 6.07) is 12.7. The Bertz CT molecular complexity index is 1950. The van der Waals surface area contributed by atoms with E-state index in [0.717, 1.165) is 0 Å². The predicted molar refractivity (Wildman–Crippen MR) is 165 cm³/mol. The molecule has 1 fully saturated rings. The molecule has 238 valence electrons. The third-order valence-corrected chi connectivity index (χ3v) is 10.8. The molecule has 1 amide bonds. The number of carbonyl (C=O) groups excluding carboxylic acids is 1. The molecular weight excluding hydrogens is 617 g/mol. The van der Waals surface area contributed by atoms with E-state index in [1.165, 1.54) is 18.2 Å². The molecule has 2 N–H and O–H groups in total. The number of imidazole rings is 1. The Morgan fingerprint density at radius 2 is 1.98 bits per heavy atom. The van der Waals surface area contributed by atoms with E-state index in [1.807, 2.05) is 31.4 Å². The van der Waals surface area contributed by atoms with Crippen LogP contribution in [-0.2, 0) is 16.9 Å². The Kier molecular flexibility index (Phi) is 6.94. The van der Waals surface area contributed by atoms with Gasteiger partial charge in [0.25, 0.3) is 5.91 Å². The van der Waals surface area contributed by atoms with Crippen LogP contribution in [0.1, 0.15) is 86.5 Å². The second-order valence-corrected chi connectivity index (χ2v) is 15.5. The summed E-state index contributed by atoms with van der Waals surface area (Å²) in [7, 11) is 0. The van der Waals surface area contributed by atoms with E-state index in [0.29, 0.717) is 40.0 Å². The van der Waals surface area contributed by atoms with E-state index in [4.69, 9.17) is 9.72 Å². The number of fused-ring (bicyclic) bond motifs is 9. The normalized spacial score (nSPS) is 25.7. The smallest absolute Gasteiger partial charge is 0.387 e. The lowest BCUT2D eigenvalue weighted by molar-refractivity contribution is -0.0507. The minimum absolute atomic E-state index is 0.0700. The molecule has 3 atom stereocenters. The van der Waals surface area contributed by atoms with Crippen molar-refractivity contribution < 1.29 is 27.3 Å². The van der Waals surface area contributed by atoms with Crippen LogP contribution in [0.15, 0.2) is 48.7 Å². The van der Waals surface area contributed by atoms with Gasteiger partial charge in [0.1, 0.15) is 33.4 Å². The van der Waals surface area contributed by atoms with Crippen molar-refractivity contribution in [1.82, 2.24) is 24.6 Å². The number of nitrogens with one attached hydrogen (secondary N) is 2. The van der Waals surface area contributed by atoms with Gasteiger partial charge in [-0.15, -0.1) is 4.72 Å². The third kappa shape index (κ3) is 4.82. The number of hydrogen-bond acceptors (Lipinski definition) is 7. The van der Waals surface area contributed by atoms with Gasteiger partial charge in [-0.1, -0.05) is 12.1 Å². The molecule has 2 aliphatic heterocycles. The first kappa shape index (κ1) is 30.5. The lowest BCUT2D eigenvalue weighted by Gasteiger charge is -2.50. The van der Waals surface area contributed by atoms with Gasteiger partial charge in [-0.25, -0.2) is 9.37 Å². The quantitative estimate of drug-likeness (QED) is 0.239. The average molecular weight is 649 g/mol. The molecule has 0 spiro atoms. The number of aromatic nitrogens is 3. The maximum atomic E-state index is 16.0. The van der Waals surface area contributed by atoms with E-state index in [9.17, 15) is 23.4 Å². The Balaban J connectivity index is 1.29. The molecule has 4 aromatic rings. The van der Waals surface area contributed by atoms with Crippen LogP contribution in [0.25, 0.3) is 22.2 Å². The first-order valence-electron chi connectivity index (χ1n) is 14.9. The highest BCUT2D eigenvalue weighted by atomic mass is 32.2. The third-order valence-electron chi connectivity index (χ3n) is 9.09. The summed E-state index contributed by atoms with van der Waals surface area (Å²) in [5, 5.41) is 12.6. The van der Waals surface area contributed by atoms with Gasteiger partial charge in [0.15, 0.2) is 0 Å². The molecule has 46 heavy (non-hydrogen) atoms. The van der Waals surface area contributed by atoms with Gasteiger partial charge >= 0.3 is 6.61 Å². The van der Waals surface area contributed by atoms with Gasteiger partial charge in [0.05, 0.1) is 34.6 Å². The molecular formula is C33H31F3N6O3S. The summed E-state index contributed by atoms with van der Waals surface area (Å²) in [6.07, 6.45) is 2.48. The fourth-order valence-corrected chi connectivity index (χ4v) is 8.02. The Morgan fingerprint density at radius 3 is 2.65 bits per heavy atom. The van der Waals surface area contributed by atoms with Crippen LogP contribution in [0, 0.1) is 22.6 Å². The lowest BCUT2D eigenvalue weighted by atomic mass is 9.58. The first-order chi connectivity index (χ1) is 21.7. The zero-order valence-electron chi connectivity index (χ0n) is 25.5. The Hall–Kier alpha value is -4.12. The number of nitriles is 1. The maximum absolute atomic E-state index is 16.0. The van der Waals surface area contributed by atoms with E-state index >= 15 is 4.39 Å². The van der Waals surface area contributed by atoms with Crippen molar-refractivity contribution in [2.24, 2.45) is 5.41 Å². The monoisotopic (exact) mass is 648 g/mol. The van der Waals surface area contributed by atoms with Crippen LogP contribution in [0.4, 0.5) is 13.2 Å². The zero-order chi connectivity index (χ0) is 32.8. The average Bonchev–Trinajstić information content (AvgIpc) is 3.47. The van der Waals surface area contributed by atoms with Crippen LogP contribution in [-0.4, -0.2) is 36.4 Å². The molecule has 0 unspecified atom stereocenters. The van der Waals surface area contributed by atoms with E-state index < -0.39 is 51.6 Å². The summed E-state index contributed by atoms with van der Waals surface area (Å²) in [5.41, 5.74) is 1.40. The van der Waals surface area contributed by atoms with E-state index in [2.05, 4.69) is 21.1 Å². The molecule has 3 aliphatic rings. The summed E-state index contributed by atoms with van der Waals surface area (Å²) in [6.45, 7) is 4.18. The Labute approximate surface area is 266 Å². The number of carbonyl (C=O) groups is 1. The zero-order valence-corrected chi connectivity index (χ0v) is 26.3. The minimum Gasteiger partial charge on any atom is -0.598 e. The number of ether oxygens (including phenoxy) is 1. The number of rotatable bonds is 6. The number of alkyl halides is 2. The van der Waals surface area contributed by atoms with Crippen LogP contribution >= 0.6 is 0 Å². The number of hydrogen-bond donors (Lipinski definition) is 2. The lowest BCUT2D eigenvalue weighted by Crippen LogP contribution is -2.61. The summed E-state index contributed by atoms with van der Waals surface area (Å²) in [5.74, 6) is -0.456. The fourth-order valence-electron chi connectivity index (χ4n) is 7.12. The summed E-state index contributed by atoms with van der Waals surface area (Å²) < 4.78 is 65.1. The molecule has 2 aromatic heterocycles. The van der Waals surface area contributed by atoms with Crippen LogP contribution in [0.5, 0.6) is 5.75 Å². The molecule has 13 heteroatoms. The minimum atomic E-state index is -3.07. The van der Waals surface area contributed by atoms with Gasteiger partial charge < -0.3 is 19.2 Å². The summed E-state index contributed by atoms with van der Waals surface area (Å²) in [4.78, 5) is 22.3. The number of pyridine rings is 1.